The van der Waals surface area contributed by atoms with Crippen LogP contribution in [0.5, 0.6) is 0 Å². The quantitative estimate of drug-likeness (QED) is 0.726. The molecule has 1 aromatic rings. The van der Waals surface area contributed by atoms with Crippen LogP contribution in [0.25, 0.3) is 0 Å². The van der Waals surface area contributed by atoms with E-state index < -0.39 is 0 Å². The van der Waals surface area contributed by atoms with Crippen molar-refractivity contribution in [1.29, 1.82) is 0 Å². The standard InChI is InChI=1S/C15H21ClFN/c1-11-6-3-4-9-14(11)18(2)15-12(10-16)7-5-8-13(15)17/h5,7-8,11,14H,3-4,6,9-10H2,1-2H3. The number of halogens is 2. The first-order chi connectivity index (χ1) is 8.65. The van der Waals surface area contributed by atoms with Crippen molar-refractivity contribution in [3.8, 4) is 0 Å². The number of rotatable bonds is 3. The van der Waals surface area contributed by atoms with Gasteiger partial charge in [-0.1, -0.05) is 31.9 Å². The summed E-state index contributed by atoms with van der Waals surface area (Å²) in [6.45, 7) is 2.27. The van der Waals surface area contributed by atoms with Crippen LogP contribution < -0.4 is 4.90 Å². The van der Waals surface area contributed by atoms with Crippen molar-refractivity contribution >= 4 is 17.3 Å². The van der Waals surface area contributed by atoms with Crippen LogP contribution >= 0.6 is 11.6 Å². The number of alkyl halides is 1. The van der Waals surface area contributed by atoms with E-state index in [9.17, 15) is 4.39 Å². The molecular formula is C15H21ClFN. The second kappa shape index (κ2) is 5.92. The highest BCUT2D eigenvalue weighted by Gasteiger charge is 2.27. The van der Waals surface area contributed by atoms with Gasteiger partial charge in [-0.15, -0.1) is 11.6 Å². The summed E-state index contributed by atoms with van der Waals surface area (Å²) >= 11 is 5.93. The highest BCUT2D eigenvalue weighted by molar-refractivity contribution is 6.17. The molecule has 0 spiro atoms. The van der Waals surface area contributed by atoms with Crippen LogP contribution in [0.15, 0.2) is 18.2 Å². The van der Waals surface area contributed by atoms with Gasteiger partial charge >= 0.3 is 0 Å². The number of benzene rings is 1. The first-order valence-corrected chi connectivity index (χ1v) is 7.24. The molecule has 0 radical (unpaired) electrons. The van der Waals surface area contributed by atoms with Crippen LogP contribution in [0.4, 0.5) is 10.1 Å². The third-order valence-corrected chi connectivity index (χ3v) is 4.42. The maximum absolute atomic E-state index is 14.1. The van der Waals surface area contributed by atoms with Gasteiger partial charge in [-0.3, -0.25) is 0 Å². The van der Waals surface area contributed by atoms with Gasteiger partial charge in [0.25, 0.3) is 0 Å². The van der Waals surface area contributed by atoms with E-state index in [2.05, 4.69) is 11.8 Å². The van der Waals surface area contributed by atoms with Crippen molar-refractivity contribution in [3.05, 3.63) is 29.6 Å². The summed E-state index contributed by atoms with van der Waals surface area (Å²) in [6, 6.07) is 5.59. The lowest BCUT2D eigenvalue weighted by Crippen LogP contribution is -2.39. The highest BCUT2D eigenvalue weighted by Crippen LogP contribution is 2.33. The minimum atomic E-state index is -0.159. The molecule has 0 bridgehead atoms. The van der Waals surface area contributed by atoms with Crippen molar-refractivity contribution in [1.82, 2.24) is 0 Å². The van der Waals surface area contributed by atoms with Crippen LogP contribution in [0.3, 0.4) is 0 Å². The Balaban J connectivity index is 2.29. The smallest absolute Gasteiger partial charge is 0.146 e. The zero-order valence-electron chi connectivity index (χ0n) is 11.1. The summed E-state index contributed by atoms with van der Waals surface area (Å²) in [5.41, 5.74) is 1.57. The van der Waals surface area contributed by atoms with E-state index >= 15 is 0 Å². The number of anilines is 1. The topological polar surface area (TPSA) is 3.24 Å². The summed E-state index contributed by atoms with van der Waals surface area (Å²) < 4.78 is 14.1. The zero-order chi connectivity index (χ0) is 13.1. The summed E-state index contributed by atoms with van der Waals surface area (Å²) in [7, 11) is 2.00. The fourth-order valence-electron chi connectivity index (χ4n) is 3.10. The van der Waals surface area contributed by atoms with Crippen LogP contribution in [0.2, 0.25) is 0 Å². The SMILES string of the molecule is CC1CCCCC1N(C)c1c(F)cccc1CCl. The van der Waals surface area contributed by atoms with Gasteiger partial charge in [0.15, 0.2) is 0 Å². The van der Waals surface area contributed by atoms with Gasteiger partial charge in [0.1, 0.15) is 5.82 Å². The lowest BCUT2D eigenvalue weighted by atomic mass is 9.84. The molecule has 0 aromatic heterocycles. The molecule has 1 nitrogen and oxygen atoms in total. The summed E-state index contributed by atoms with van der Waals surface area (Å²) in [6.07, 6.45) is 4.92. The Labute approximate surface area is 114 Å². The number of nitrogens with zero attached hydrogens (tertiary/aromatic N) is 1. The summed E-state index contributed by atoms with van der Waals surface area (Å²) in [5.74, 6) is 0.818. The Kier molecular flexibility index (Phi) is 4.50. The molecule has 1 saturated carbocycles. The average Bonchev–Trinajstić information content (AvgIpc) is 2.38. The molecule has 0 amide bonds. The Morgan fingerprint density at radius 1 is 1.33 bits per heavy atom. The third-order valence-electron chi connectivity index (χ3n) is 4.13. The summed E-state index contributed by atoms with van der Waals surface area (Å²) in [5, 5.41) is 0. The molecule has 0 aliphatic heterocycles. The Morgan fingerprint density at radius 2 is 2.06 bits per heavy atom. The molecule has 2 rings (SSSR count). The first-order valence-electron chi connectivity index (χ1n) is 6.71. The van der Waals surface area contributed by atoms with E-state index in [0.717, 1.165) is 12.0 Å². The largest absolute Gasteiger partial charge is 0.369 e. The van der Waals surface area contributed by atoms with E-state index in [4.69, 9.17) is 11.6 Å². The van der Waals surface area contributed by atoms with Gasteiger partial charge in [-0.2, -0.15) is 0 Å². The monoisotopic (exact) mass is 269 g/mol. The van der Waals surface area contributed by atoms with Crippen molar-refractivity contribution in [2.24, 2.45) is 5.92 Å². The van der Waals surface area contributed by atoms with E-state index in [-0.39, 0.29) is 5.82 Å². The summed E-state index contributed by atoms with van der Waals surface area (Å²) in [4.78, 5) is 2.11. The second-order valence-electron chi connectivity index (χ2n) is 5.32. The first kappa shape index (κ1) is 13.7. The van der Waals surface area contributed by atoms with E-state index in [1.54, 1.807) is 6.07 Å². The van der Waals surface area contributed by atoms with Crippen molar-refractivity contribution in [3.63, 3.8) is 0 Å². The molecule has 1 aliphatic rings. The maximum atomic E-state index is 14.1. The molecular weight excluding hydrogens is 249 g/mol. The molecule has 0 saturated heterocycles. The zero-order valence-corrected chi connectivity index (χ0v) is 11.9. The Bertz CT molecular complexity index is 407. The predicted octanol–water partition coefficient (Wildman–Crippen LogP) is 4.58. The fraction of sp³-hybridized carbons (Fsp3) is 0.600. The molecule has 1 aromatic carbocycles. The fourth-order valence-corrected chi connectivity index (χ4v) is 3.32. The van der Waals surface area contributed by atoms with E-state index in [1.807, 2.05) is 13.1 Å². The maximum Gasteiger partial charge on any atom is 0.146 e. The Morgan fingerprint density at radius 3 is 2.72 bits per heavy atom. The molecule has 1 fully saturated rings. The van der Waals surface area contributed by atoms with Crippen LogP contribution in [-0.2, 0) is 5.88 Å². The van der Waals surface area contributed by atoms with Gasteiger partial charge in [-0.05, 0) is 30.4 Å². The van der Waals surface area contributed by atoms with Crippen LogP contribution in [-0.4, -0.2) is 13.1 Å². The van der Waals surface area contributed by atoms with Gasteiger partial charge in [0.2, 0.25) is 0 Å². The van der Waals surface area contributed by atoms with Gasteiger partial charge in [-0.25, -0.2) is 4.39 Å². The van der Waals surface area contributed by atoms with Crippen molar-refractivity contribution in [2.45, 2.75) is 44.5 Å². The van der Waals surface area contributed by atoms with Crippen LogP contribution in [0, 0.1) is 11.7 Å². The lowest BCUT2D eigenvalue weighted by Gasteiger charge is -2.38. The Hall–Kier alpha value is -0.760. The third kappa shape index (κ3) is 2.64. The molecule has 0 heterocycles. The minimum absolute atomic E-state index is 0.159. The molecule has 0 N–H and O–H groups in total. The van der Waals surface area contributed by atoms with E-state index in [0.29, 0.717) is 23.5 Å². The number of para-hydroxylation sites is 1. The predicted molar refractivity (Wildman–Crippen MR) is 75.8 cm³/mol. The van der Waals surface area contributed by atoms with E-state index in [1.165, 1.54) is 25.3 Å². The lowest BCUT2D eigenvalue weighted by molar-refractivity contribution is 0.320. The van der Waals surface area contributed by atoms with Crippen molar-refractivity contribution in [2.75, 3.05) is 11.9 Å². The van der Waals surface area contributed by atoms with Gasteiger partial charge in [0, 0.05) is 19.0 Å². The normalized spacial score (nSPS) is 24.0. The molecule has 2 atom stereocenters. The molecule has 100 valence electrons. The molecule has 3 heteroatoms. The van der Waals surface area contributed by atoms with Gasteiger partial charge in [0.05, 0.1) is 5.69 Å². The van der Waals surface area contributed by atoms with Gasteiger partial charge < -0.3 is 4.90 Å². The average molecular weight is 270 g/mol. The molecule has 1 aliphatic carbocycles. The second-order valence-corrected chi connectivity index (χ2v) is 5.59. The highest BCUT2D eigenvalue weighted by atomic mass is 35.5. The molecule has 2 unspecified atom stereocenters. The number of hydrogen-bond donors (Lipinski definition) is 0. The minimum Gasteiger partial charge on any atom is -0.369 e. The van der Waals surface area contributed by atoms with Crippen molar-refractivity contribution < 1.29 is 4.39 Å². The van der Waals surface area contributed by atoms with Crippen LogP contribution in [0.1, 0.15) is 38.2 Å². The number of hydrogen-bond acceptors (Lipinski definition) is 1. The molecule has 18 heavy (non-hydrogen) atoms.